The Morgan fingerprint density at radius 2 is 1.58 bits per heavy atom. The summed E-state index contributed by atoms with van der Waals surface area (Å²) in [4.78, 5) is 27.4. The zero-order valence-electron chi connectivity index (χ0n) is 14.9. The summed E-state index contributed by atoms with van der Waals surface area (Å²) in [7, 11) is 3.83. The Kier molecular flexibility index (Phi) is 6.27. The molecule has 138 valence electrons. The predicted molar refractivity (Wildman–Crippen MR) is 98.4 cm³/mol. The minimum Gasteiger partial charge on any atom is -0.378 e. The average Bonchev–Trinajstić information content (AvgIpc) is 2.58. The molecule has 0 aliphatic heterocycles. The van der Waals surface area contributed by atoms with Gasteiger partial charge in [-0.25, -0.2) is 8.78 Å². The molecular weight excluding hydrogens is 340 g/mol. The van der Waals surface area contributed by atoms with Gasteiger partial charge in [0, 0.05) is 57.1 Å². The first-order valence-corrected chi connectivity index (χ1v) is 8.08. The van der Waals surface area contributed by atoms with Crippen LogP contribution in [-0.4, -0.2) is 32.5 Å². The van der Waals surface area contributed by atoms with E-state index in [4.69, 9.17) is 0 Å². The molecule has 0 spiro atoms. The van der Waals surface area contributed by atoms with Crippen LogP contribution in [0.4, 0.5) is 25.8 Å². The molecule has 2 aromatic carbocycles. The minimum absolute atomic E-state index is 0.0218. The number of amides is 2. The first-order chi connectivity index (χ1) is 12.3. The maximum atomic E-state index is 13.2. The van der Waals surface area contributed by atoms with Crippen LogP contribution in [-0.2, 0) is 9.59 Å². The SMILES string of the molecule is CC(=O)N(CCC(=O)Nc1ccc(F)c(F)c1)c1ccc(N(C)C)cc1. The largest absolute Gasteiger partial charge is 0.378 e. The molecule has 0 saturated carbocycles. The summed E-state index contributed by atoms with van der Waals surface area (Å²) in [5, 5.41) is 2.49. The second kappa shape index (κ2) is 8.42. The zero-order chi connectivity index (χ0) is 19.3. The minimum atomic E-state index is -1.03. The molecule has 0 atom stereocenters. The zero-order valence-corrected chi connectivity index (χ0v) is 14.9. The Balaban J connectivity index is 2.00. The van der Waals surface area contributed by atoms with E-state index in [9.17, 15) is 18.4 Å². The van der Waals surface area contributed by atoms with Crippen LogP contribution in [0.3, 0.4) is 0 Å². The van der Waals surface area contributed by atoms with Gasteiger partial charge in [0.25, 0.3) is 0 Å². The van der Waals surface area contributed by atoms with Crippen molar-refractivity contribution in [3.05, 3.63) is 54.1 Å². The highest BCUT2D eigenvalue weighted by Crippen LogP contribution is 2.20. The van der Waals surface area contributed by atoms with Crippen LogP contribution < -0.4 is 15.1 Å². The molecule has 2 rings (SSSR count). The van der Waals surface area contributed by atoms with Crippen LogP contribution in [0.5, 0.6) is 0 Å². The Morgan fingerprint density at radius 3 is 2.12 bits per heavy atom. The number of carbonyl (C=O) groups excluding carboxylic acids is 2. The van der Waals surface area contributed by atoms with Gasteiger partial charge in [-0.15, -0.1) is 0 Å². The predicted octanol–water partition coefficient (Wildman–Crippen LogP) is 3.41. The van der Waals surface area contributed by atoms with Crippen molar-refractivity contribution in [2.24, 2.45) is 0 Å². The smallest absolute Gasteiger partial charge is 0.226 e. The number of halogens is 2. The van der Waals surface area contributed by atoms with Gasteiger partial charge < -0.3 is 15.1 Å². The van der Waals surface area contributed by atoms with E-state index in [1.807, 2.05) is 43.3 Å². The molecule has 2 amide bonds. The fraction of sp³-hybridized carbons (Fsp3) is 0.263. The maximum Gasteiger partial charge on any atom is 0.226 e. The van der Waals surface area contributed by atoms with E-state index in [0.29, 0.717) is 5.69 Å². The topological polar surface area (TPSA) is 52.7 Å². The average molecular weight is 361 g/mol. The van der Waals surface area contributed by atoms with Crippen LogP contribution in [0.1, 0.15) is 13.3 Å². The summed E-state index contributed by atoms with van der Waals surface area (Å²) in [6, 6.07) is 10.5. The van der Waals surface area contributed by atoms with Gasteiger partial charge in [-0.05, 0) is 36.4 Å². The molecule has 0 aliphatic rings. The second-order valence-corrected chi connectivity index (χ2v) is 6.01. The number of benzene rings is 2. The second-order valence-electron chi connectivity index (χ2n) is 6.01. The van der Waals surface area contributed by atoms with Crippen LogP contribution in [0.15, 0.2) is 42.5 Å². The van der Waals surface area contributed by atoms with Crippen molar-refractivity contribution in [2.75, 3.05) is 35.8 Å². The molecule has 0 unspecified atom stereocenters. The lowest BCUT2D eigenvalue weighted by atomic mass is 10.2. The molecule has 0 aliphatic carbocycles. The normalized spacial score (nSPS) is 10.3. The van der Waals surface area contributed by atoms with Crippen LogP contribution >= 0.6 is 0 Å². The molecule has 0 aromatic heterocycles. The monoisotopic (exact) mass is 361 g/mol. The molecule has 1 N–H and O–H groups in total. The van der Waals surface area contributed by atoms with Gasteiger partial charge in [-0.3, -0.25) is 9.59 Å². The van der Waals surface area contributed by atoms with Gasteiger partial charge in [0.15, 0.2) is 11.6 Å². The quantitative estimate of drug-likeness (QED) is 0.858. The van der Waals surface area contributed by atoms with Gasteiger partial charge in [-0.2, -0.15) is 0 Å². The highest BCUT2D eigenvalue weighted by atomic mass is 19.2. The van der Waals surface area contributed by atoms with Crippen LogP contribution in [0.25, 0.3) is 0 Å². The fourth-order valence-corrected chi connectivity index (χ4v) is 2.41. The van der Waals surface area contributed by atoms with E-state index < -0.39 is 17.5 Å². The number of hydrogen-bond acceptors (Lipinski definition) is 3. The number of rotatable bonds is 6. The molecule has 5 nitrogen and oxygen atoms in total. The van der Waals surface area contributed by atoms with Gasteiger partial charge in [0.05, 0.1) is 0 Å². The van der Waals surface area contributed by atoms with E-state index in [0.717, 1.165) is 17.8 Å². The molecule has 2 aromatic rings. The summed E-state index contributed by atoms with van der Waals surface area (Å²) in [5.74, 6) is -2.60. The first-order valence-electron chi connectivity index (χ1n) is 8.08. The van der Waals surface area contributed by atoms with Gasteiger partial charge in [-0.1, -0.05) is 0 Å². The number of nitrogens with one attached hydrogen (secondary N) is 1. The summed E-state index contributed by atoms with van der Waals surface area (Å²) in [6.07, 6.45) is 0.0218. The lowest BCUT2D eigenvalue weighted by molar-refractivity contribution is -0.117. The van der Waals surface area contributed by atoms with Crippen molar-refractivity contribution in [2.45, 2.75) is 13.3 Å². The molecule has 0 fully saturated rings. The van der Waals surface area contributed by atoms with Gasteiger partial charge in [0.2, 0.25) is 11.8 Å². The number of hydrogen-bond donors (Lipinski definition) is 1. The molecule has 7 heteroatoms. The lowest BCUT2D eigenvalue weighted by Gasteiger charge is -2.22. The highest BCUT2D eigenvalue weighted by molar-refractivity contribution is 5.94. The third-order valence-electron chi connectivity index (χ3n) is 3.82. The van der Waals surface area contributed by atoms with Gasteiger partial charge in [0.1, 0.15) is 0 Å². The molecule has 0 bridgehead atoms. The molecule has 0 saturated heterocycles. The van der Waals surface area contributed by atoms with E-state index in [-0.39, 0.29) is 24.6 Å². The molecule has 26 heavy (non-hydrogen) atoms. The van der Waals surface area contributed by atoms with Crippen molar-refractivity contribution in [3.8, 4) is 0 Å². The van der Waals surface area contributed by atoms with Gasteiger partial charge >= 0.3 is 0 Å². The lowest BCUT2D eigenvalue weighted by Crippen LogP contribution is -2.32. The van der Waals surface area contributed by atoms with E-state index in [1.54, 1.807) is 0 Å². The Hall–Kier alpha value is -2.96. The Morgan fingerprint density at radius 1 is 0.962 bits per heavy atom. The van der Waals surface area contributed by atoms with Crippen molar-refractivity contribution >= 4 is 28.9 Å². The van der Waals surface area contributed by atoms with Crippen molar-refractivity contribution in [1.82, 2.24) is 0 Å². The first kappa shape index (κ1) is 19.4. The van der Waals surface area contributed by atoms with Crippen LogP contribution in [0, 0.1) is 11.6 Å². The van der Waals surface area contributed by atoms with Crippen molar-refractivity contribution in [1.29, 1.82) is 0 Å². The van der Waals surface area contributed by atoms with Crippen molar-refractivity contribution in [3.63, 3.8) is 0 Å². The van der Waals surface area contributed by atoms with Crippen molar-refractivity contribution < 1.29 is 18.4 Å². The van der Waals surface area contributed by atoms with E-state index in [1.165, 1.54) is 17.9 Å². The molecule has 0 heterocycles. The highest BCUT2D eigenvalue weighted by Gasteiger charge is 2.14. The van der Waals surface area contributed by atoms with E-state index >= 15 is 0 Å². The standard InChI is InChI=1S/C19H21F2N3O2/c1-13(25)24(16-7-5-15(6-8-16)23(2)3)11-10-19(26)22-14-4-9-17(20)18(21)12-14/h4-9,12H,10-11H2,1-3H3,(H,22,26). The third kappa shape index (κ3) is 5.02. The van der Waals surface area contributed by atoms with E-state index in [2.05, 4.69) is 5.32 Å². The summed E-state index contributed by atoms with van der Waals surface area (Å²) in [5.41, 5.74) is 1.84. The summed E-state index contributed by atoms with van der Waals surface area (Å²) < 4.78 is 26.1. The summed E-state index contributed by atoms with van der Waals surface area (Å²) >= 11 is 0. The van der Waals surface area contributed by atoms with Crippen LogP contribution in [0.2, 0.25) is 0 Å². The number of carbonyl (C=O) groups is 2. The molecule has 0 radical (unpaired) electrons. The third-order valence-corrected chi connectivity index (χ3v) is 3.82. The number of nitrogens with zero attached hydrogens (tertiary/aromatic N) is 2. The molecular formula is C19H21F2N3O2. The Labute approximate surface area is 151 Å². The maximum absolute atomic E-state index is 13.2. The summed E-state index contributed by atoms with van der Waals surface area (Å²) in [6.45, 7) is 1.60. The Bertz CT molecular complexity index is 792. The fourth-order valence-electron chi connectivity index (χ4n) is 2.41. The number of anilines is 3.